The first-order chi connectivity index (χ1) is 16.5. The van der Waals surface area contributed by atoms with Gasteiger partial charge in [0.05, 0.1) is 5.92 Å². The number of anilines is 2. The highest BCUT2D eigenvalue weighted by Gasteiger charge is 2.35. The molecular formula is C27H24N4O3. The number of hydrogen-bond donors (Lipinski definition) is 1. The van der Waals surface area contributed by atoms with Gasteiger partial charge in [-0.1, -0.05) is 52.7 Å². The Hall–Kier alpha value is -4.26. The average Bonchev–Trinajstić information content (AvgIpc) is 3.48. The normalized spacial score (nSPS) is 15.5. The first-order valence-corrected chi connectivity index (χ1v) is 11.2. The number of aromatic nitrogens is 2. The number of carbonyl (C=O) groups excluding carboxylic acids is 2. The van der Waals surface area contributed by atoms with E-state index in [9.17, 15) is 9.59 Å². The van der Waals surface area contributed by atoms with Gasteiger partial charge in [0.25, 0.3) is 5.89 Å². The largest absolute Gasteiger partial charge is 0.334 e. The molecule has 0 spiro atoms. The summed E-state index contributed by atoms with van der Waals surface area (Å²) in [5.74, 6) is 0.316. The number of aryl methyl sites for hydroxylation is 2. The van der Waals surface area contributed by atoms with Gasteiger partial charge in [-0.15, -0.1) is 0 Å². The smallest absolute Gasteiger partial charge is 0.258 e. The number of rotatable bonds is 5. The number of nitrogens with zero attached hydrogens (tertiary/aromatic N) is 3. The number of nitrogens with one attached hydrogen (secondary N) is 1. The van der Waals surface area contributed by atoms with Crippen molar-refractivity contribution in [1.29, 1.82) is 0 Å². The zero-order valence-electron chi connectivity index (χ0n) is 19.0. The third kappa shape index (κ3) is 4.45. The summed E-state index contributed by atoms with van der Waals surface area (Å²) in [5, 5.41) is 6.98. The molecule has 4 aromatic rings. The van der Waals surface area contributed by atoms with Crippen LogP contribution >= 0.6 is 0 Å². The maximum Gasteiger partial charge on any atom is 0.258 e. The van der Waals surface area contributed by atoms with Crippen molar-refractivity contribution in [3.63, 3.8) is 0 Å². The Morgan fingerprint density at radius 3 is 2.21 bits per heavy atom. The summed E-state index contributed by atoms with van der Waals surface area (Å²) in [6.07, 6.45) is 0.196. The molecule has 34 heavy (non-hydrogen) atoms. The zero-order chi connectivity index (χ0) is 23.7. The van der Waals surface area contributed by atoms with E-state index in [0.717, 1.165) is 27.9 Å². The molecule has 0 aliphatic carbocycles. The number of amides is 2. The number of hydrogen-bond acceptors (Lipinski definition) is 5. The summed E-state index contributed by atoms with van der Waals surface area (Å²) < 4.78 is 5.42. The summed E-state index contributed by atoms with van der Waals surface area (Å²) in [4.78, 5) is 31.4. The lowest BCUT2D eigenvalue weighted by Gasteiger charge is -2.17. The first-order valence-electron chi connectivity index (χ1n) is 11.2. The molecule has 1 N–H and O–H groups in total. The summed E-state index contributed by atoms with van der Waals surface area (Å²) >= 11 is 0. The molecule has 5 rings (SSSR count). The Balaban J connectivity index is 1.23. The molecule has 1 aromatic heterocycles. The van der Waals surface area contributed by atoms with Gasteiger partial charge in [-0.05, 0) is 50.2 Å². The van der Waals surface area contributed by atoms with E-state index >= 15 is 0 Å². The Labute approximate surface area is 197 Å². The van der Waals surface area contributed by atoms with Crippen LogP contribution in [-0.4, -0.2) is 28.5 Å². The summed E-state index contributed by atoms with van der Waals surface area (Å²) in [7, 11) is 0. The second-order valence-electron chi connectivity index (χ2n) is 8.60. The van der Waals surface area contributed by atoms with E-state index in [1.54, 1.807) is 17.0 Å². The minimum atomic E-state index is -0.401. The van der Waals surface area contributed by atoms with Crippen molar-refractivity contribution in [2.24, 2.45) is 5.92 Å². The predicted octanol–water partition coefficient (Wildman–Crippen LogP) is 5.01. The van der Waals surface area contributed by atoms with Crippen molar-refractivity contribution in [3.8, 4) is 22.8 Å². The topological polar surface area (TPSA) is 88.3 Å². The lowest BCUT2D eigenvalue weighted by molar-refractivity contribution is -0.122. The number of carbonyl (C=O) groups is 2. The molecule has 170 valence electrons. The van der Waals surface area contributed by atoms with Gasteiger partial charge in [-0.2, -0.15) is 4.98 Å². The molecule has 0 bridgehead atoms. The van der Waals surface area contributed by atoms with Crippen molar-refractivity contribution < 1.29 is 14.1 Å². The van der Waals surface area contributed by atoms with Crippen LogP contribution in [0.1, 0.15) is 17.5 Å². The summed E-state index contributed by atoms with van der Waals surface area (Å²) in [6, 6.07) is 22.9. The van der Waals surface area contributed by atoms with Crippen LogP contribution in [0.25, 0.3) is 22.8 Å². The second kappa shape index (κ2) is 8.94. The fraction of sp³-hybridized carbons (Fsp3) is 0.185. The highest BCUT2D eigenvalue weighted by molar-refractivity contribution is 6.03. The van der Waals surface area contributed by atoms with Crippen molar-refractivity contribution in [2.75, 3.05) is 16.8 Å². The van der Waals surface area contributed by atoms with Gasteiger partial charge in [0, 0.05) is 35.5 Å². The van der Waals surface area contributed by atoms with E-state index in [2.05, 4.69) is 15.5 Å². The van der Waals surface area contributed by atoms with Gasteiger partial charge < -0.3 is 14.7 Å². The van der Waals surface area contributed by atoms with Gasteiger partial charge in [0.15, 0.2) is 0 Å². The van der Waals surface area contributed by atoms with Crippen LogP contribution in [0.15, 0.2) is 77.3 Å². The molecule has 7 heteroatoms. The molecule has 7 nitrogen and oxygen atoms in total. The van der Waals surface area contributed by atoms with E-state index in [0.29, 0.717) is 23.9 Å². The van der Waals surface area contributed by atoms with Crippen LogP contribution < -0.4 is 10.2 Å². The maximum absolute atomic E-state index is 12.8. The highest BCUT2D eigenvalue weighted by atomic mass is 16.5. The third-order valence-electron chi connectivity index (χ3n) is 5.98. The second-order valence-corrected chi connectivity index (χ2v) is 8.60. The van der Waals surface area contributed by atoms with Gasteiger partial charge >= 0.3 is 0 Å². The van der Waals surface area contributed by atoms with Crippen LogP contribution in [0.4, 0.5) is 11.4 Å². The van der Waals surface area contributed by atoms with Gasteiger partial charge in [0.1, 0.15) is 0 Å². The van der Waals surface area contributed by atoms with E-state index in [1.165, 1.54) is 0 Å². The van der Waals surface area contributed by atoms with Gasteiger partial charge in [0.2, 0.25) is 17.6 Å². The van der Waals surface area contributed by atoms with Crippen LogP contribution in [0.3, 0.4) is 0 Å². The molecule has 1 unspecified atom stereocenters. The predicted molar refractivity (Wildman–Crippen MR) is 130 cm³/mol. The van der Waals surface area contributed by atoms with Gasteiger partial charge in [-0.25, -0.2) is 0 Å². The maximum atomic E-state index is 12.8. The SMILES string of the molecule is Cc1ccc(-c2noc(-c3ccc(NC(=O)C4CC(=O)N(c5ccc(C)cc5)C4)cc3)n2)cc1. The first kappa shape index (κ1) is 21.6. The Morgan fingerprint density at radius 2 is 1.53 bits per heavy atom. The van der Waals surface area contributed by atoms with Crippen LogP contribution in [-0.2, 0) is 9.59 Å². The monoisotopic (exact) mass is 452 g/mol. The van der Waals surface area contributed by atoms with Crippen LogP contribution in [0.2, 0.25) is 0 Å². The fourth-order valence-corrected chi connectivity index (χ4v) is 3.96. The minimum Gasteiger partial charge on any atom is -0.334 e. The molecule has 2 heterocycles. The van der Waals surface area contributed by atoms with Crippen molar-refractivity contribution >= 4 is 23.2 Å². The third-order valence-corrected chi connectivity index (χ3v) is 5.98. The number of benzene rings is 3. The molecule has 1 aliphatic heterocycles. The summed E-state index contributed by atoms with van der Waals surface area (Å²) in [5.41, 5.74) is 5.39. The van der Waals surface area contributed by atoms with E-state index in [1.807, 2.05) is 74.5 Å². The zero-order valence-corrected chi connectivity index (χ0v) is 19.0. The molecule has 0 radical (unpaired) electrons. The van der Waals surface area contributed by atoms with E-state index < -0.39 is 5.92 Å². The van der Waals surface area contributed by atoms with E-state index in [-0.39, 0.29) is 18.2 Å². The van der Waals surface area contributed by atoms with Crippen LogP contribution in [0.5, 0.6) is 0 Å². The lowest BCUT2D eigenvalue weighted by Crippen LogP contribution is -2.28. The fourth-order valence-electron chi connectivity index (χ4n) is 3.96. The minimum absolute atomic E-state index is 0.0416. The molecular weight excluding hydrogens is 428 g/mol. The van der Waals surface area contributed by atoms with Crippen LogP contribution in [0, 0.1) is 19.8 Å². The molecule has 1 atom stereocenters. The quantitative estimate of drug-likeness (QED) is 0.460. The summed E-state index contributed by atoms with van der Waals surface area (Å²) in [6.45, 7) is 4.39. The Morgan fingerprint density at radius 1 is 0.912 bits per heavy atom. The standard InChI is InChI=1S/C27H24N4O3/c1-17-3-7-19(8-4-17)25-29-27(34-30-25)20-9-11-22(12-10-20)28-26(33)21-15-24(32)31(16-21)23-13-5-18(2)6-14-23/h3-14,21H,15-16H2,1-2H3,(H,28,33). The molecule has 2 amide bonds. The van der Waals surface area contributed by atoms with E-state index in [4.69, 9.17) is 4.52 Å². The molecule has 3 aromatic carbocycles. The average molecular weight is 453 g/mol. The van der Waals surface area contributed by atoms with Crippen molar-refractivity contribution in [2.45, 2.75) is 20.3 Å². The van der Waals surface area contributed by atoms with Crippen molar-refractivity contribution in [3.05, 3.63) is 83.9 Å². The molecule has 1 fully saturated rings. The van der Waals surface area contributed by atoms with Crippen molar-refractivity contribution in [1.82, 2.24) is 10.1 Å². The van der Waals surface area contributed by atoms with Gasteiger partial charge in [-0.3, -0.25) is 9.59 Å². The molecule has 1 saturated heterocycles. The molecule has 1 aliphatic rings. The molecule has 0 saturated carbocycles. The highest BCUT2D eigenvalue weighted by Crippen LogP contribution is 2.27. The Bertz CT molecular complexity index is 1330. The Kier molecular flexibility index (Phi) is 5.67. The lowest BCUT2D eigenvalue weighted by atomic mass is 10.1.